The van der Waals surface area contributed by atoms with Gasteiger partial charge in [0.25, 0.3) is 0 Å². The van der Waals surface area contributed by atoms with Gasteiger partial charge in [0.2, 0.25) is 0 Å². The van der Waals surface area contributed by atoms with E-state index in [1.165, 1.54) is 5.57 Å². The van der Waals surface area contributed by atoms with Crippen LogP contribution < -0.4 is 10.4 Å². The van der Waals surface area contributed by atoms with Gasteiger partial charge in [-0.25, -0.2) is 4.79 Å². The average Bonchev–Trinajstić information content (AvgIpc) is 2.67. The fourth-order valence-electron chi connectivity index (χ4n) is 3.33. The lowest BCUT2D eigenvalue weighted by Gasteiger charge is -2.31. The Morgan fingerprint density at radius 1 is 1.14 bits per heavy atom. The van der Waals surface area contributed by atoms with Gasteiger partial charge >= 0.3 is 5.63 Å². The topological polar surface area (TPSA) is 56.5 Å². The summed E-state index contributed by atoms with van der Waals surface area (Å²) in [7, 11) is 0. The number of ether oxygens (including phenoxy) is 1. The van der Waals surface area contributed by atoms with Crippen molar-refractivity contribution in [2.24, 2.45) is 0 Å². The maximum Gasteiger partial charge on any atom is 0.347 e. The van der Waals surface area contributed by atoms with E-state index in [1.807, 2.05) is 50.3 Å². The van der Waals surface area contributed by atoms with Gasteiger partial charge in [0.1, 0.15) is 28.8 Å². The Kier molecular flexibility index (Phi) is 5.98. The minimum atomic E-state index is -0.478. The highest BCUT2D eigenvalue weighted by molar-refractivity contribution is 5.87. The minimum absolute atomic E-state index is 0.374. The van der Waals surface area contributed by atoms with Gasteiger partial charge in [-0.15, -0.1) is 0 Å². The fourth-order valence-corrected chi connectivity index (χ4v) is 3.33. The summed E-state index contributed by atoms with van der Waals surface area (Å²) in [5.41, 5.74) is 2.23. The maximum absolute atomic E-state index is 12.2. The van der Waals surface area contributed by atoms with Crippen LogP contribution >= 0.6 is 0 Å². The number of carbonyl (C=O) groups excluding carboxylic acids is 1. The second-order valence-electron chi connectivity index (χ2n) is 7.57. The fraction of sp³-hybridized carbons (Fsp3) is 0.333. The maximum atomic E-state index is 12.2. The molecule has 2 heterocycles. The highest BCUT2D eigenvalue weighted by Crippen LogP contribution is 2.37. The van der Waals surface area contributed by atoms with E-state index in [4.69, 9.17) is 9.15 Å². The van der Waals surface area contributed by atoms with Crippen molar-refractivity contribution in [2.45, 2.75) is 52.1 Å². The molecule has 0 saturated heterocycles. The Morgan fingerprint density at radius 3 is 2.71 bits per heavy atom. The third-order valence-electron chi connectivity index (χ3n) is 5.06. The van der Waals surface area contributed by atoms with Crippen molar-refractivity contribution >= 4 is 23.3 Å². The first-order valence-electron chi connectivity index (χ1n) is 9.63. The van der Waals surface area contributed by atoms with Crippen molar-refractivity contribution in [3.63, 3.8) is 0 Å². The molecule has 4 heteroatoms. The lowest BCUT2D eigenvalue weighted by molar-refractivity contribution is -0.104. The van der Waals surface area contributed by atoms with E-state index in [-0.39, 0.29) is 5.63 Å². The van der Waals surface area contributed by atoms with Crippen molar-refractivity contribution in [1.82, 2.24) is 0 Å². The molecule has 146 valence electrons. The molecule has 1 unspecified atom stereocenters. The number of allylic oxidation sites excluding steroid dienone is 4. The largest absolute Gasteiger partial charge is 0.482 e. The van der Waals surface area contributed by atoms with E-state index in [0.29, 0.717) is 16.9 Å². The van der Waals surface area contributed by atoms with Crippen LogP contribution in [0.25, 0.3) is 17.0 Å². The molecule has 0 aliphatic carbocycles. The summed E-state index contributed by atoms with van der Waals surface area (Å²) in [5.74, 6) is 0.604. The first-order valence-corrected chi connectivity index (χ1v) is 9.63. The number of aldehydes is 1. The Balaban J connectivity index is 1.70. The SMILES string of the molecule is CC(C=O)=CCCC(C)=CCCC1(C)C=Cc2c(c3ccccc3oc2=O)O1. The predicted octanol–water partition coefficient (Wildman–Crippen LogP) is 5.61. The molecule has 1 aromatic heterocycles. The number of para-hydroxylation sites is 1. The zero-order chi connectivity index (χ0) is 20.1. The monoisotopic (exact) mass is 378 g/mol. The molecule has 0 amide bonds. The molecule has 0 radical (unpaired) electrons. The van der Waals surface area contributed by atoms with Gasteiger partial charge in [0, 0.05) is 0 Å². The highest BCUT2D eigenvalue weighted by atomic mass is 16.5. The van der Waals surface area contributed by atoms with E-state index in [2.05, 4.69) is 13.0 Å². The van der Waals surface area contributed by atoms with E-state index >= 15 is 0 Å². The second kappa shape index (κ2) is 8.42. The van der Waals surface area contributed by atoms with Gasteiger partial charge in [-0.1, -0.05) is 29.9 Å². The van der Waals surface area contributed by atoms with E-state index in [1.54, 1.807) is 6.07 Å². The molecule has 28 heavy (non-hydrogen) atoms. The van der Waals surface area contributed by atoms with Gasteiger partial charge in [-0.05, 0) is 76.3 Å². The van der Waals surface area contributed by atoms with Crippen molar-refractivity contribution < 1.29 is 13.9 Å². The van der Waals surface area contributed by atoms with Crippen LogP contribution in [0, 0.1) is 0 Å². The molecule has 0 saturated carbocycles. The van der Waals surface area contributed by atoms with Crippen molar-refractivity contribution in [3.8, 4) is 5.75 Å². The number of hydrogen-bond donors (Lipinski definition) is 0. The minimum Gasteiger partial charge on any atom is -0.482 e. The molecule has 0 spiro atoms. The summed E-state index contributed by atoms with van der Waals surface area (Å²) in [6.45, 7) is 5.97. The van der Waals surface area contributed by atoms with Crippen LogP contribution in [0.2, 0.25) is 0 Å². The molecule has 4 nitrogen and oxygen atoms in total. The summed E-state index contributed by atoms with van der Waals surface area (Å²) in [4.78, 5) is 22.9. The van der Waals surface area contributed by atoms with Crippen molar-refractivity contribution in [2.75, 3.05) is 0 Å². The molecule has 0 bridgehead atoms. The number of carbonyl (C=O) groups is 1. The molecule has 3 rings (SSSR count). The lowest BCUT2D eigenvalue weighted by Crippen LogP contribution is -2.33. The Hall–Kier alpha value is -2.88. The molecule has 1 aliphatic rings. The Bertz CT molecular complexity index is 1020. The summed E-state index contributed by atoms with van der Waals surface area (Å²) in [6, 6.07) is 7.45. The van der Waals surface area contributed by atoms with Gasteiger partial charge < -0.3 is 9.15 Å². The number of fused-ring (bicyclic) bond motifs is 3. The molecule has 1 aromatic carbocycles. The zero-order valence-corrected chi connectivity index (χ0v) is 16.7. The summed E-state index contributed by atoms with van der Waals surface area (Å²) < 4.78 is 11.7. The number of hydrogen-bond acceptors (Lipinski definition) is 4. The van der Waals surface area contributed by atoms with Crippen LogP contribution in [-0.4, -0.2) is 11.9 Å². The number of benzene rings is 1. The number of rotatable bonds is 7. The van der Waals surface area contributed by atoms with E-state index in [9.17, 15) is 9.59 Å². The van der Waals surface area contributed by atoms with Gasteiger partial charge in [0.05, 0.1) is 5.39 Å². The predicted molar refractivity (Wildman–Crippen MR) is 113 cm³/mol. The van der Waals surface area contributed by atoms with E-state index < -0.39 is 5.60 Å². The molecular weight excluding hydrogens is 352 g/mol. The molecule has 1 atom stereocenters. The van der Waals surface area contributed by atoms with E-state index in [0.717, 1.165) is 42.9 Å². The standard InChI is InChI=1S/C24H26O4/c1-17(8-6-9-18(2)16-25)10-7-14-24(3)15-13-20-22(28-24)19-11-4-5-12-21(19)27-23(20)26/h4-5,9-13,15-16H,6-8,14H2,1-3H3. The third kappa shape index (κ3) is 4.50. The zero-order valence-electron chi connectivity index (χ0n) is 16.7. The van der Waals surface area contributed by atoms with Gasteiger partial charge in [-0.2, -0.15) is 0 Å². The second-order valence-corrected chi connectivity index (χ2v) is 7.57. The molecular formula is C24H26O4. The molecule has 0 N–H and O–H groups in total. The quantitative estimate of drug-likeness (QED) is 0.272. The first kappa shape index (κ1) is 19.9. The van der Waals surface area contributed by atoms with Gasteiger partial charge in [-0.3, -0.25) is 4.79 Å². The van der Waals surface area contributed by atoms with Gasteiger partial charge in [0.15, 0.2) is 0 Å². The normalized spacial score (nSPS) is 19.4. The average molecular weight is 378 g/mol. The van der Waals surface area contributed by atoms with Crippen LogP contribution in [0.15, 0.2) is 62.9 Å². The van der Waals surface area contributed by atoms with Crippen molar-refractivity contribution in [3.05, 3.63) is 69.6 Å². The molecule has 2 aromatic rings. The van der Waals surface area contributed by atoms with Crippen LogP contribution in [0.5, 0.6) is 5.75 Å². The summed E-state index contributed by atoms with van der Waals surface area (Å²) in [6.07, 6.45) is 12.3. The summed E-state index contributed by atoms with van der Waals surface area (Å²) in [5, 5.41) is 0.816. The Morgan fingerprint density at radius 2 is 1.93 bits per heavy atom. The lowest BCUT2D eigenvalue weighted by atomic mass is 9.94. The molecule has 1 aliphatic heterocycles. The van der Waals surface area contributed by atoms with Crippen molar-refractivity contribution in [1.29, 1.82) is 0 Å². The third-order valence-corrected chi connectivity index (χ3v) is 5.06. The van der Waals surface area contributed by atoms with Crippen LogP contribution in [0.4, 0.5) is 0 Å². The Labute approximate surface area is 165 Å². The smallest absolute Gasteiger partial charge is 0.347 e. The summed E-state index contributed by atoms with van der Waals surface area (Å²) >= 11 is 0. The van der Waals surface area contributed by atoms with Crippen LogP contribution in [0.1, 0.15) is 52.0 Å². The highest BCUT2D eigenvalue weighted by Gasteiger charge is 2.29. The van der Waals surface area contributed by atoms with Crippen LogP contribution in [0.3, 0.4) is 0 Å². The first-order chi connectivity index (χ1) is 13.4. The molecule has 0 fully saturated rings. The van der Waals surface area contributed by atoms with Crippen LogP contribution in [-0.2, 0) is 4.79 Å².